The van der Waals surface area contributed by atoms with Crippen LogP contribution in [0, 0.1) is 0 Å². The Kier molecular flexibility index (Phi) is 3.96. The molecule has 0 saturated carbocycles. The second kappa shape index (κ2) is 5.27. The van der Waals surface area contributed by atoms with Crippen molar-refractivity contribution >= 4 is 56.9 Å². The molecule has 2 heterocycles. The van der Waals surface area contributed by atoms with E-state index < -0.39 is 0 Å². The highest BCUT2D eigenvalue weighted by Gasteiger charge is 2.09. The number of hydrogen-bond donors (Lipinski definition) is 0. The third kappa shape index (κ3) is 2.82. The number of halogens is 2. The van der Waals surface area contributed by atoms with E-state index in [9.17, 15) is 4.79 Å². The van der Waals surface area contributed by atoms with Crippen LogP contribution in [0.2, 0.25) is 5.15 Å². The molecule has 2 aromatic heterocycles. The summed E-state index contributed by atoms with van der Waals surface area (Å²) in [6.07, 6.45) is 2.41. The standard InChI is InChI=1S/C9H4BrClN2OS2/c10-5-1-2-7(12-3-5)16-9-13-8(11)6(4-14)15-9/h1-4H. The lowest BCUT2D eigenvalue weighted by Gasteiger charge is -1.95. The van der Waals surface area contributed by atoms with Crippen LogP contribution in [0.15, 0.2) is 32.2 Å². The Hall–Kier alpha value is -0.430. The van der Waals surface area contributed by atoms with Gasteiger partial charge in [0.2, 0.25) is 0 Å². The van der Waals surface area contributed by atoms with E-state index in [1.165, 1.54) is 23.1 Å². The number of nitrogens with zero attached hydrogens (tertiary/aromatic N) is 2. The van der Waals surface area contributed by atoms with Crippen LogP contribution in [0.4, 0.5) is 0 Å². The normalized spacial score (nSPS) is 10.4. The highest BCUT2D eigenvalue weighted by molar-refractivity contribution is 9.10. The lowest BCUT2D eigenvalue weighted by atomic mass is 10.5. The fourth-order valence-corrected chi connectivity index (χ4v) is 3.25. The molecule has 82 valence electrons. The highest BCUT2D eigenvalue weighted by atomic mass is 79.9. The molecule has 0 aliphatic rings. The monoisotopic (exact) mass is 334 g/mol. The van der Waals surface area contributed by atoms with Gasteiger partial charge in [-0.1, -0.05) is 11.6 Å². The number of hydrogen-bond acceptors (Lipinski definition) is 5. The number of aromatic nitrogens is 2. The summed E-state index contributed by atoms with van der Waals surface area (Å²) in [7, 11) is 0. The molecule has 16 heavy (non-hydrogen) atoms. The van der Waals surface area contributed by atoms with Crippen LogP contribution >= 0.6 is 50.6 Å². The summed E-state index contributed by atoms with van der Waals surface area (Å²) in [5.74, 6) is 0. The number of pyridine rings is 1. The zero-order valence-electron chi connectivity index (χ0n) is 7.68. The topological polar surface area (TPSA) is 42.9 Å². The van der Waals surface area contributed by atoms with E-state index >= 15 is 0 Å². The summed E-state index contributed by atoms with van der Waals surface area (Å²) < 4.78 is 1.63. The third-order valence-corrected chi connectivity index (χ3v) is 4.45. The minimum absolute atomic E-state index is 0.250. The average molecular weight is 336 g/mol. The SMILES string of the molecule is O=Cc1sc(Sc2ccc(Br)cn2)nc1Cl. The second-order valence-electron chi connectivity index (χ2n) is 2.67. The molecule has 3 nitrogen and oxygen atoms in total. The average Bonchev–Trinajstić information content (AvgIpc) is 2.62. The van der Waals surface area contributed by atoms with Gasteiger partial charge < -0.3 is 0 Å². The van der Waals surface area contributed by atoms with E-state index in [0.29, 0.717) is 15.5 Å². The van der Waals surface area contributed by atoms with Gasteiger partial charge >= 0.3 is 0 Å². The first-order valence-corrected chi connectivity index (χ1v) is 6.90. The Morgan fingerprint density at radius 3 is 2.88 bits per heavy atom. The number of thiazole rings is 1. The predicted octanol–water partition coefficient (Wildman–Crippen LogP) is 3.92. The fraction of sp³-hybridized carbons (Fsp3) is 0. The van der Waals surface area contributed by atoms with Gasteiger partial charge in [-0.3, -0.25) is 4.79 Å². The van der Waals surface area contributed by atoms with Crippen molar-refractivity contribution in [1.82, 2.24) is 9.97 Å². The summed E-state index contributed by atoms with van der Waals surface area (Å²) in [5, 5.41) is 1.06. The van der Waals surface area contributed by atoms with Crippen molar-refractivity contribution in [2.75, 3.05) is 0 Å². The summed E-state index contributed by atoms with van der Waals surface area (Å²) in [6, 6.07) is 3.76. The van der Waals surface area contributed by atoms with Crippen molar-refractivity contribution in [2.45, 2.75) is 9.37 Å². The molecule has 0 N–H and O–H groups in total. The fourth-order valence-electron chi connectivity index (χ4n) is 0.923. The molecule has 0 saturated heterocycles. The Balaban J connectivity index is 2.20. The Labute approximate surface area is 113 Å². The molecule has 0 atom stereocenters. The van der Waals surface area contributed by atoms with Gasteiger partial charge in [0.15, 0.2) is 15.8 Å². The van der Waals surface area contributed by atoms with Crippen molar-refractivity contribution in [3.05, 3.63) is 32.8 Å². The molecule has 0 spiro atoms. The predicted molar refractivity (Wildman–Crippen MR) is 68.6 cm³/mol. The van der Waals surface area contributed by atoms with Gasteiger partial charge in [0, 0.05) is 10.7 Å². The van der Waals surface area contributed by atoms with Crippen LogP contribution in [0.3, 0.4) is 0 Å². The number of aldehydes is 1. The highest BCUT2D eigenvalue weighted by Crippen LogP contribution is 2.33. The number of rotatable bonds is 3. The molecule has 2 rings (SSSR count). The molecule has 0 aliphatic carbocycles. The van der Waals surface area contributed by atoms with Crippen LogP contribution < -0.4 is 0 Å². The van der Waals surface area contributed by atoms with Crippen molar-refractivity contribution in [1.29, 1.82) is 0 Å². The smallest absolute Gasteiger partial charge is 0.163 e. The molecular weight excluding hydrogens is 332 g/mol. The van der Waals surface area contributed by atoms with E-state index in [1.807, 2.05) is 12.1 Å². The van der Waals surface area contributed by atoms with Gasteiger partial charge in [0.1, 0.15) is 9.90 Å². The van der Waals surface area contributed by atoms with E-state index in [2.05, 4.69) is 25.9 Å². The van der Waals surface area contributed by atoms with Crippen LogP contribution in [-0.2, 0) is 0 Å². The first-order chi connectivity index (χ1) is 7.69. The maximum absolute atomic E-state index is 10.6. The molecule has 0 amide bonds. The Bertz CT molecular complexity index is 515. The summed E-state index contributed by atoms with van der Waals surface area (Å²) in [4.78, 5) is 19.3. The quantitative estimate of drug-likeness (QED) is 0.797. The summed E-state index contributed by atoms with van der Waals surface area (Å²) in [6.45, 7) is 0. The molecule has 0 bridgehead atoms. The molecule has 0 aromatic carbocycles. The minimum atomic E-state index is 0.250. The second-order valence-corrected chi connectivity index (χ2v) is 6.24. The van der Waals surface area contributed by atoms with Crippen molar-refractivity contribution in [2.24, 2.45) is 0 Å². The molecule has 2 aromatic rings. The Morgan fingerprint density at radius 2 is 2.31 bits per heavy atom. The van der Waals surface area contributed by atoms with Crippen molar-refractivity contribution in [3.63, 3.8) is 0 Å². The molecule has 7 heteroatoms. The first kappa shape index (κ1) is 12.0. The van der Waals surface area contributed by atoms with E-state index in [4.69, 9.17) is 11.6 Å². The van der Waals surface area contributed by atoms with Crippen LogP contribution in [-0.4, -0.2) is 16.3 Å². The molecule has 0 unspecified atom stereocenters. The van der Waals surface area contributed by atoms with Gasteiger partial charge in [0.25, 0.3) is 0 Å². The van der Waals surface area contributed by atoms with Crippen LogP contribution in [0.1, 0.15) is 9.67 Å². The summed E-state index contributed by atoms with van der Waals surface area (Å²) in [5.41, 5.74) is 0. The summed E-state index contributed by atoms with van der Waals surface area (Å²) >= 11 is 11.7. The van der Waals surface area contributed by atoms with Gasteiger partial charge in [0.05, 0.1) is 0 Å². The first-order valence-electron chi connectivity index (χ1n) is 4.10. The lowest BCUT2D eigenvalue weighted by molar-refractivity contribution is 0.112. The van der Waals surface area contributed by atoms with Crippen LogP contribution in [0.25, 0.3) is 0 Å². The van der Waals surface area contributed by atoms with E-state index in [-0.39, 0.29) is 5.15 Å². The Morgan fingerprint density at radius 1 is 1.50 bits per heavy atom. The molecular formula is C9H4BrClN2OS2. The van der Waals surface area contributed by atoms with E-state index in [0.717, 1.165) is 9.50 Å². The van der Waals surface area contributed by atoms with Crippen molar-refractivity contribution in [3.8, 4) is 0 Å². The number of carbonyl (C=O) groups excluding carboxylic acids is 1. The van der Waals surface area contributed by atoms with Gasteiger partial charge in [-0.15, -0.1) is 11.3 Å². The zero-order valence-corrected chi connectivity index (χ0v) is 11.7. The van der Waals surface area contributed by atoms with Gasteiger partial charge in [-0.05, 0) is 39.8 Å². The van der Waals surface area contributed by atoms with Crippen LogP contribution in [0.5, 0.6) is 0 Å². The maximum atomic E-state index is 10.6. The van der Waals surface area contributed by atoms with Gasteiger partial charge in [-0.25, -0.2) is 9.97 Å². The largest absolute Gasteiger partial charge is 0.297 e. The van der Waals surface area contributed by atoms with E-state index in [1.54, 1.807) is 6.20 Å². The van der Waals surface area contributed by atoms with Gasteiger partial charge in [-0.2, -0.15) is 0 Å². The lowest BCUT2D eigenvalue weighted by Crippen LogP contribution is -1.77. The van der Waals surface area contributed by atoms with Crippen molar-refractivity contribution < 1.29 is 4.79 Å². The molecule has 0 radical (unpaired) electrons. The molecule has 0 aliphatic heterocycles. The molecule has 0 fully saturated rings. The zero-order chi connectivity index (χ0) is 11.5. The minimum Gasteiger partial charge on any atom is -0.297 e. The number of carbonyl (C=O) groups is 1. The third-order valence-electron chi connectivity index (χ3n) is 1.59. The maximum Gasteiger partial charge on any atom is 0.163 e.